The van der Waals surface area contributed by atoms with Crippen LogP contribution in [-0.4, -0.2) is 34.6 Å². The lowest BCUT2D eigenvalue weighted by Gasteiger charge is -2.14. The Morgan fingerprint density at radius 3 is 2.51 bits per heavy atom. The molecule has 9 heteroatoms. The van der Waals surface area contributed by atoms with Gasteiger partial charge in [-0.05, 0) is 67.8 Å². The molecule has 0 spiro atoms. The van der Waals surface area contributed by atoms with Crippen molar-refractivity contribution in [2.45, 2.75) is 20.0 Å². The van der Waals surface area contributed by atoms with Crippen LogP contribution in [0.15, 0.2) is 94.7 Å². The van der Waals surface area contributed by atoms with E-state index in [-0.39, 0.29) is 0 Å². The number of carbonyl (C=O) groups is 2. The highest BCUT2D eigenvalue weighted by Crippen LogP contribution is 2.33. The van der Waals surface area contributed by atoms with Gasteiger partial charge >= 0.3 is 5.97 Å². The summed E-state index contributed by atoms with van der Waals surface area (Å²) < 4.78 is 17.1. The summed E-state index contributed by atoms with van der Waals surface area (Å²) in [7, 11) is 0. The second-order valence-electron chi connectivity index (χ2n) is 9.23. The van der Waals surface area contributed by atoms with E-state index in [4.69, 9.17) is 13.9 Å². The number of benzene rings is 4. The van der Waals surface area contributed by atoms with Crippen LogP contribution in [0.1, 0.15) is 24.2 Å². The second kappa shape index (κ2) is 11.2. The third-order valence-corrected chi connectivity index (χ3v) is 7.26. The van der Waals surface area contributed by atoms with E-state index in [1.54, 1.807) is 12.1 Å². The van der Waals surface area contributed by atoms with Gasteiger partial charge in [0.05, 0.1) is 17.9 Å². The molecule has 204 valence electrons. The van der Waals surface area contributed by atoms with Gasteiger partial charge in [0.25, 0.3) is 5.91 Å². The minimum atomic E-state index is -1.06. The van der Waals surface area contributed by atoms with Crippen molar-refractivity contribution in [3.8, 4) is 28.5 Å². The normalized spacial score (nSPS) is 11.9. The highest BCUT2D eigenvalue weighted by atomic mass is 32.1. The maximum Gasteiger partial charge on any atom is 0.339 e. The SMILES string of the molecule is CCOc1ccc(-c2csc(NC(=O)C(C)OC(=O)c3cccc4cccc(-c5nc6ccccc6o5)c34)n2)cc1. The fourth-order valence-electron chi connectivity index (χ4n) is 4.51. The Bertz CT molecular complexity index is 1840. The lowest BCUT2D eigenvalue weighted by molar-refractivity contribution is -0.123. The molecular formula is C32H25N3O5S. The molecule has 8 nitrogen and oxygen atoms in total. The molecule has 41 heavy (non-hydrogen) atoms. The number of nitrogens with one attached hydrogen (secondary N) is 1. The molecular weight excluding hydrogens is 538 g/mol. The fraction of sp³-hybridized carbons (Fsp3) is 0.125. The molecule has 0 aliphatic carbocycles. The number of hydrogen-bond donors (Lipinski definition) is 1. The van der Waals surface area contributed by atoms with Gasteiger partial charge in [-0.3, -0.25) is 10.1 Å². The van der Waals surface area contributed by atoms with Crippen molar-refractivity contribution in [1.29, 1.82) is 0 Å². The third kappa shape index (κ3) is 5.39. The zero-order valence-corrected chi connectivity index (χ0v) is 23.1. The number of oxazole rings is 1. The van der Waals surface area contributed by atoms with Gasteiger partial charge in [-0.25, -0.2) is 14.8 Å². The van der Waals surface area contributed by atoms with Crippen molar-refractivity contribution in [3.63, 3.8) is 0 Å². The first-order chi connectivity index (χ1) is 20.0. The molecule has 4 aromatic carbocycles. The van der Waals surface area contributed by atoms with Gasteiger partial charge in [0.15, 0.2) is 16.8 Å². The van der Waals surface area contributed by atoms with Gasteiger partial charge in [-0.1, -0.05) is 36.4 Å². The maximum atomic E-state index is 13.4. The van der Waals surface area contributed by atoms with E-state index in [0.717, 1.165) is 27.9 Å². The number of carbonyl (C=O) groups excluding carboxylic acids is 2. The molecule has 6 aromatic rings. The van der Waals surface area contributed by atoms with Gasteiger partial charge in [0.1, 0.15) is 11.3 Å². The molecule has 0 bridgehead atoms. The zero-order chi connectivity index (χ0) is 28.3. The lowest BCUT2D eigenvalue weighted by Crippen LogP contribution is -2.30. The summed E-state index contributed by atoms with van der Waals surface area (Å²) in [5, 5.41) is 6.47. The van der Waals surface area contributed by atoms with Crippen LogP contribution < -0.4 is 10.1 Å². The van der Waals surface area contributed by atoms with Crippen molar-refractivity contribution in [1.82, 2.24) is 9.97 Å². The number of nitrogens with zero attached hydrogens (tertiary/aromatic N) is 2. The molecule has 1 atom stereocenters. The Labute approximate surface area is 239 Å². The Balaban J connectivity index is 1.19. The molecule has 2 heterocycles. The van der Waals surface area contributed by atoms with Crippen molar-refractivity contribution in [2.75, 3.05) is 11.9 Å². The van der Waals surface area contributed by atoms with Crippen LogP contribution in [0.3, 0.4) is 0 Å². The number of para-hydroxylation sites is 2. The lowest BCUT2D eigenvalue weighted by atomic mass is 9.99. The summed E-state index contributed by atoms with van der Waals surface area (Å²) in [4.78, 5) is 35.4. The van der Waals surface area contributed by atoms with E-state index < -0.39 is 18.0 Å². The standard InChI is InChI=1S/C32H25N3O5S/c1-3-38-22-16-14-20(15-17-22)26-18-41-32(34-26)35-29(36)19(2)39-31(37)24-11-7-9-21-8-6-10-23(28(21)24)30-33-25-12-4-5-13-27(25)40-30/h4-19H,3H2,1-2H3,(H,34,35,36). The molecule has 0 saturated heterocycles. The Hall–Kier alpha value is -5.02. The first kappa shape index (κ1) is 26.2. The van der Waals surface area contributed by atoms with Crippen LogP contribution in [0.25, 0.3) is 44.6 Å². The molecule has 1 amide bonds. The Morgan fingerprint density at radius 1 is 0.951 bits per heavy atom. The molecule has 6 rings (SSSR count). The number of thiazole rings is 1. The molecule has 0 aliphatic rings. The van der Waals surface area contributed by atoms with Gasteiger partial charge < -0.3 is 13.9 Å². The molecule has 0 saturated carbocycles. The Morgan fingerprint density at radius 2 is 1.73 bits per heavy atom. The summed E-state index contributed by atoms with van der Waals surface area (Å²) >= 11 is 1.29. The minimum Gasteiger partial charge on any atom is -0.494 e. The predicted molar refractivity (Wildman–Crippen MR) is 159 cm³/mol. The average Bonchev–Trinajstić information content (AvgIpc) is 3.64. The second-order valence-corrected chi connectivity index (χ2v) is 10.1. The van der Waals surface area contributed by atoms with Gasteiger partial charge in [0.2, 0.25) is 5.89 Å². The van der Waals surface area contributed by atoms with Gasteiger partial charge in [-0.2, -0.15) is 0 Å². The average molecular weight is 564 g/mol. The first-order valence-electron chi connectivity index (χ1n) is 13.1. The highest BCUT2D eigenvalue weighted by molar-refractivity contribution is 7.14. The van der Waals surface area contributed by atoms with E-state index in [1.807, 2.05) is 85.1 Å². The van der Waals surface area contributed by atoms with Crippen molar-refractivity contribution >= 4 is 50.2 Å². The van der Waals surface area contributed by atoms with E-state index in [1.165, 1.54) is 18.3 Å². The van der Waals surface area contributed by atoms with E-state index >= 15 is 0 Å². The summed E-state index contributed by atoms with van der Waals surface area (Å²) in [6.45, 7) is 4.05. The predicted octanol–water partition coefficient (Wildman–Crippen LogP) is 7.35. The number of esters is 1. The van der Waals surface area contributed by atoms with Crippen LogP contribution >= 0.6 is 11.3 Å². The molecule has 1 N–H and O–H groups in total. The topological polar surface area (TPSA) is 104 Å². The number of hydrogen-bond acceptors (Lipinski definition) is 8. The van der Waals surface area contributed by atoms with E-state index in [2.05, 4.69) is 15.3 Å². The molecule has 0 fully saturated rings. The minimum absolute atomic E-state index is 0.312. The summed E-state index contributed by atoms with van der Waals surface area (Å²) in [5.41, 5.74) is 3.96. The molecule has 0 aliphatic heterocycles. The third-order valence-electron chi connectivity index (χ3n) is 6.50. The Kier molecular flexibility index (Phi) is 7.18. The maximum absolute atomic E-state index is 13.4. The van der Waals surface area contributed by atoms with Crippen molar-refractivity contribution in [3.05, 3.63) is 95.9 Å². The molecule has 2 aromatic heterocycles. The quantitative estimate of drug-likeness (QED) is 0.193. The largest absolute Gasteiger partial charge is 0.494 e. The molecule has 1 unspecified atom stereocenters. The summed E-state index contributed by atoms with van der Waals surface area (Å²) in [5.74, 6) is 0.0686. The zero-order valence-electron chi connectivity index (χ0n) is 22.3. The smallest absolute Gasteiger partial charge is 0.339 e. The van der Waals surface area contributed by atoms with Crippen LogP contribution in [0, 0.1) is 0 Å². The number of ether oxygens (including phenoxy) is 2. The fourth-order valence-corrected chi connectivity index (χ4v) is 5.24. The van der Waals surface area contributed by atoms with Crippen molar-refractivity contribution in [2.24, 2.45) is 0 Å². The van der Waals surface area contributed by atoms with Gasteiger partial charge in [-0.15, -0.1) is 11.3 Å². The molecule has 0 radical (unpaired) electrons. The number of anilines is 1. The van der Waals surface area contributed by atoms with E-state index in [9.17, 15) is 9.59 Å². The van der Waals surface area contributed by atoms with Crippen molar-refractivity contribution < 1.29 is 23.5 Å². The summed E-state index contributed by atoms with van der Waals surface area (Å²) in [6.07, 6.45) is -1.06. The van der Waals surface area contributed by atoms with Crippen LogP contribution in [-0.2, 0) is 9.53 Å². The monoisotopic (exact) mass is 563 g/mol. The van der Waals surface area contributed by atoms with Crippen LogP contribution in [0.2, 0.25) is 0 Å². The summed E-state index contributed by atoms with van der Waals surface area (Å²) in [6, 6.07) is 26.0. The number of fused-ring (bicyclic) bond motifs is 2. The number of rotatable bonds is 8. The first-order valence-corrected chi connectivity index (χ1v) is 14.0. The van der Waals surface area contributed by atoms with Crippen LogP contribution in [0.4, 0.5) is 5.13 Å². The number of aromatic nitrogens is 2. The highest BCUT2D eigenvalue weighted by Gasteiger charge is 2.23. The van der Waals surface area contributed by atoms with Gasteiger partial charge in [0, 0.05) is 21.9 Å². The van der Waals surface area contributed by atoms with E-state index in [0.29, 0.717) is 39.7 Å². The number of amides is 1. The van der Waals surface area contributed by atoms with Crippen LogP contribution in [0.5, 0.6) is 5.75 Å².